The molecule has 26 heavy (non-hydrogen) atoms. The topological polar surface area (TPSA) is 77.0 Å². The van der Waals surface area contributed by atoms with Crippen LogP contribution < -0.4 is 0 Å². The summed E-state index contributed by atoms with van der Waals surface area (Å²) in [5.41, 5.74) is 3.98. The van der Waals surface area contributed by atoms with Gasteiger partial charge in [0.05, 0.1) is 11.4 Å². The summed E-state index contributed by atoms with van der Waals surface area (Å²) in [6.07, 6.45) is -1.03. The lowest BCUT2D eigenvalue weighted by atomic mass is 10.1. The van der Waals surface area contributed by atoms with Gasteiger partial charge in [0.15, 0.2) is 6.10 Å². The number of para-hydroxylation sites is 1. The van der Waals surface area contributed by atoms with Crippen LogP contribution in [0.25, 0.3) is 17.1 Å². The van der Waals surface area contributed by atoms with Gasteiger partial charge >= 0.3 is 0 Å². The molecule has 2 aromatic carbocycles. The Morgan fingerprint density at radius 2 is 1.58 bits per heavy atom. The van der Waals surface area contributed by atoms with E-state index in [2.05, 4.69) is 15.3 Å². The van der Waals surface area contributed by atoms with E-state index in [1.165, 1.54) is 0 Å². The van der Waals surface area contributed by atoms with Crippen LogP contribution >= 0.6 is 0 Å². The lowest BCUT2D eigenvalue weighted by Crippen LogP contribution is -2.04. The number of aryl methyl sites for hydroxylation is 1. The van der Waals surface area contributed by atoms with Crippen molar-refractivity contribution in [2.75, 3.05) is 0 Å². The van der Waals surface area contributed by atoms with Gasteiger partial charge < -0.3 is 9.52 Å². The number of aliphatic hydroxyl groups is 1. The van der Waals surface area contributed by atoms with Crippen molar-refractivity contribution in [3.8, 4) is 17.1 Å². The highest BCUT2D eigenvalue weighted by Gasteiger charge is 2.26. The average molecular weight is 346 g/mol. The highest BCUT2D eigenvalue weighted by atomic mass is 16.4. The van der Waals surface area contributed by atoms with Crippen molar-refractivity contribution >= 4 is 0 Å². The molecule has 130 valence electrons. The number of aromatic nitrogens is 4. The fourth-order valence-corrected chi connectivity index (χ4v) is 3.04. The molecule has 1 unspecified atom stereocenters. The van der Waals surface area contributed by atoms with Crippen molar-refractivity contribution in [1.82, 2.24) is 20.0 Å². The largest absolute Gasteiger partial charge is 0.417 e. The van der Waals surface area contributed by atoms with Crippen LogP contribution in [0.5, 0.6) is 0 Å². The summed E-state index contributed by atoms with van der Waals surface area (Å²) in [5.74, 6) is 0.535. The van der Waals surface area contributed by atoms with Gasteiger partial charge in [0.25, 0.3) is 0 Å². The van der Waals surface area contributed by atoms with Crippen LogP contribution in [0.4, 0.5) is 0 Å². The number of hydrogen-bond donors (Lipinski definition) is 1. The minimum atomic E-state index is -1.03. The van der Waals surface area contributed by atoms with Gasteiger partial charge in [0.1, 0.15) is 0 Å². The molecule has 2 aromatic heterocycles. The molecule has 0 saturated carbocycles. The fraction of sp³-hybridized carbons (Fsp3) is 0.150. The van der Waals surface area contributed by atoms with E-state index in [-0.39, 0.29) is 5.89 Å². The van der Waals surface area contributed by atoms with Crippen molar-refractivity contribution < 1.29 is 9.52 Å². The van der Waals surface area contributed by atoms with Crippen molar-refractivity contribution in [1.29, 1.82) is 0 Å². The molecule has 6 nitrogen and oxygen atoms in total. The number of aliphatic hydroxyl groups excluding tert-OH is 1. The Balaban J connectivity index is 1.70. The van der Waals surface area contributed by atoms with Gasteiger partial charge in [-0.25, -0.2) is 4.68 Å². The summed E-state index contributed by atoms with van der Waals surface area (Å²) < 4.78 is 7.51. The maximum Gasteiger partial charge on any atom is 0.250 e. The minimum Gasteiger partial charge on any atom is -0.417 e. The van der Waals surface area contributed by atoms with Crippen molar-refractivity contribution in [2.24, 2.45) is 0 Å². The first-order chi connectivity index (χ1) is 12.6. The first-order valence-corrected chi connectivity index (χ1v) is 8.33. The third-order valence-corrected chi connectivity index (χ3v) is 4.32. The normalized spacial score (nSPS) is 12.3. The maximum atomic E-state index is 10.8. The Morgan fingerprint density at radius 1 is 0.923 bits per heavy atom. The number of rotatable bonds is 4. The predicted octanol–water partition coefficient (Wildman–Crippen LogP) is 3.62. The van der Waals surface area contributed by atoms with Crippen LogP contribution in [-0.2, 0) is 0 Å². The Kier molecular flexibility index (Phi) is 4.10. The molecule has 0 spiro atoms. The first kappa shape index (κ1) is 16.2. The number of benzene rings is 2. The average Bonchev–Trinajstić information content (AvgIpc) is 3.28. The van der Waals surface area contributed by atoms with E-state index in [1.807, 2.05) is 79.2 Å². The third kappa shape index (κ3) is 2.80. The molecule has 4 rings (SSSR count). The van der Waals surface area contributed by atoms with Crippen molar-refractivity contribution in [2.45, 2.75) is 20.0 Å². The highest BCUT2D eigenvalue weighted by Crippen LogP contribution is 2.30. The summed E-state index contributed by atoms with van der Waals surface area (Å²) in [4.78, 5) is 0. The summed E-state index contributed by atoms with van der Waals surface area (Å²) in [6.45, 7) is 3.78. The quantitative estimate of drug-likeness (QED) is 0.611. The molecule has 0 aliphatic rings. The van der Waals surface area contributed by atoms with E-state index >= 15 is 0 Å². The Morgan fingerprint density at radius 3 is 2.27 bits per heavy atom. The first-order valence-electron chi connectivity index (χ1n) is 8.33. The molecule has 0 radical (unpaired) electrons. The lowest BCUT2D eigenvalue weighted by Gasteiger charge is -2.08. The number of nitrogens with zero attached hydrogens (tertiary/aromatic N) is 4. The second-order valence-corrected chi connectivity index (χ2v) is 6.05. The molecule has 4 aromatic rings. The molecule has 0 saturated heterocycles. The van der Waals surface area contributed by atoms with Crippen LogP contribution in [0.3, 0.4) is 0 Å². The summed E-state index contributed by atoms with van der Waals surface area (Å²) in [6, 6.07) is 19.3. The van der Waals surface area contributed by atoms with Crippen LogP contribution in [0.15, 0.2) is 65.1 Å². The van der Waals surface area contributed by atoms with Crippen LogP contribution in [0, 0.1) is 13.8 Å². The SMILES string of the molecule is Cc1nn(-c2ccccc2)c(C)c1C(O)c1nnc(-c2ccccc2)o1. The third-order valence-electron chi connectivity index (χ3n) is 4.32. The second-order valence-electron chi connectivity index (χ2n) is 6.05. The molecule has 0 aliphatic carbocycles. The molecule has 6 heteroatoms. The van der Waals surface area contributed by atoms with Gasteiger partial charge in [-0.2, -0.15) is 5.10 Å². The van der Waals surface area contributed by atoms with Gasteiger partial charge in [-0.15, -0.1) is 10.2 Å². The standard InChI is InChI=1S/C20H18N4O2/c1-13-17(14(2)24(23-13)16-11-7-4-8-12-16)18(25)20-22-21-19(26-20)15-9-5-3-6-10-15/h3-12,18,25H,1-2H3. The molecule has 0 fully saturated rings. The summed E-state index contributed by atoms with van der Waals surface area (Å²) >= 11 is 0. The number of hydrogen-bond acceptors (Lipinski definition) is 5. The minimum absolute atomic E-state index is 0.155. The zero-order chi connectivity index (χ0) is 18.1. The van der Waals surface area contributed by atoms with Crippen LogP contribution in [0.1, 0.15) is 28.9 Å². The predicted molar refractivity (Wildman–Crippen MR) is 96.8 cm³/mol. The van der Waals surface area contributed by atoms with Gasteiger partial charge in [-0.1, -0.05) is 36.4 Å². The highest BCUT2D eigenvalue weighted by molar-refractivity contribution is 5.52. The smallest absolute Gasteiger partial charge is 0.250 e. The van der Waals surface area contributed by atoms with E-state index in [0.717, 1.165) is 22.6 Å². The van der Waals surface area contributed by atoms with Gasteiger partial charge in [-0.3, -0.25) is 0 Å². The summed E-state index contributed by atoms with van der Waals surface area (Å²) in [7, 11) is 0. The van der Waals surface area contributed by atoms with E-state index in [0.29, 0.717) is 11.5 Å². The molecular formula is C20H18N4O2. The van der Waals surface area contributed by atoms with E-state index in [1.54, 1.807) is 0 Å². The van der Waals surface area contributed by atoms with Crippen molar-refractivity contribution in [3.63, 3.8) is 0 Å². The second kappa shape index (κ2) is 6.57. The molecule has 0 aliphatic heterocycles. The molecule has 0 bridgehead atoms. The maximum absolute atomic E-state index is 10.8. The van der Waals surface area contributed by atoms with Crippen LogP contribution in [0.2, 0.25) is 0 Å². The molecule has 2 heterocycles. The van der Waals surface area contributed by atoms with Crippen LogP contribution in [-0.4, -0.2) is 25.1 Å². The van der Waals surface area contributed by atoms with E-state index in [9.17, 15) is 5.11 Å². The zero-order valence-electron chi connectivity index (χ0n) is 14.5. The molecule has 1 N–H and O–H groups in total. The molecule has 0 amide bonds. The van der Waals surface area contributed by atoms with Crippen molar-refractivity contribution in [3.05, 3.63) is 83.5 Å². The fourth-order valence-electron chi connectivity index (χ4n) is 3.04. The lowest BCUT2D eigenvalue weighted by molar-refractivity contribution is 0.182. The van der Waals surface area contributed by atoms with Gasteiger partial charge in [-0.05, 0) is 38.1 Å². The van der Waals surface area contributed by atoms with E-state index < -0.39 is 6.10 Å². The van der Waals surface area contributed by atoms with Gasteiger partial charge in [0, 0.05) is 16.8 Å². The molecule has 1 atom stereocenters. The Hall–Kier alpha value is -3.25. The zero-order valence-corrected chi connectivity index (χ0v) is 14.5. The molecular weight excluding hydrogens is 328 g/mol. The Bertz CT molecular complexity index is 1020. The monoisotopic (exact) mass is 346 g/mol. The van der Waals surface area contributed by atoms with Gasteiger partial charge in [0.2, 0.25) is 11.8 Å². The van der Waals surface area contributed by atoms with E-state index in [4.69, 9.17) is 4.42 Å². The Labute approximate surface area is 150 Å². The summed E-state index contributed by atoms with van der Waals surface area (Å²) in [5, 5.41) is 23.5.